The van der Waals surface area contributed by atoms with E-state index in [2.05, 4.69) is 31.6 Å². The summed E-state index contributed by atoms with van der Waals surface area (Å²) in [5.74, 6) is -0.0419. The van der Waals surface area contributed by atoms with Crippen molar-refractivity contribution in [1.82, 2.24) is 20.3 Å². The molecule has 0 saturated carbocycles. The Labute approximate surface area is 120 Å². The number of carbonyl (C=O) groups is 1. The second-order valence-corrected chi connectivity index (χ2v) is 4.67. The van der Waals surface area contributed by atoms with Gasteiger partial charge >= 0.3 is 0 Å². The highest BCUT2D eigenvalue weighted by Crippen LogP contribution is 2.07. The fraction of sp³-hybridized carbons (Fsp3) is 0.308. The number of halogens is 1. The number of carbonyl (C=O) groups excluding carboxylic acids is 1. The van der Waals surface area contributed by atoms with Gasteiger partial charge in [-0.25, -0.2) is 0 Å². The Morgan fingerprint density at radius 1 is 1.32 bits per heavy atom. The lowest BCUT2D eigenvalue weighted by atomic mass is 10.1. The normalized spacial score (nSPS) is 10.4. The highest BCUT2D eigenvalue weighted by atomic mass is 79.9. The van der Waals surface area contributed by atoms with Gasteiger partial charge in [0.15, 0.2) is 0 Å². The van der Waals surface area contributed by atoms with E-state index < -0.39 is 0 Å². The van der Waals surface area contributed by atoms with Crippen LogP contribution < -0.4 is 5.32 Å². The van der Waals surface area contributed by atoms with Crippen LogP contribution in [0.1, 0.15) is 22.3 Å². The average Bonchev–Trinajstić information content (AvgIpc) is 2.96. The van der Waals surface area contributed by atoms with Crippen LogP contribution >= 0.6 is 15.9 Å². The van der Waals surface area contributed by atoms with Gasteiger partial charge in [-0.05, 0) is 24.1 Å². The molecule has 5 nitrogen and oxygen atoms in total. The molecule has 0 fully saturated rings. The summed E-state index contributed by atoms with van der Waals surface area (Å²) in [6.07, 6.45) is 4.28. The van der Waals surface area contributed by atoms with Crippen LogP contribution in [0.25, 0.3) is 0 Å². The molecule has 0 aliphatic carbocycles. The fourth-order valence-corrected chi connectivity index (χ4v) is 2.02. The second-order valence-electron chi connectivity index (χ2n) is 4.11. The number of aryl methyl sites for hydroxylation is 1. The van der Waals surface area contributed by atoms with Crippen molar-refractivity contribution >= 4 is 21.8 Å². The van der Waals surface area contributed by atoms with Gasteiger partial charge < -0.3 is 5.32 Å². The van der Waals surface area contributed by atoms with Crippen molar-refractivity contribution < 1.29 is 4.79 Å². The van der Waals surface area contributed by atoms with Crippen LogP contribution in [0.4, 0.5) is 0 Å². The molecular formula is C13H15BrN4O. The number of amides is 1. The maximum absolute atomic E-state index is 11.8. The molecule has 100 valence electrons. The molecule has 1 amide bonds. The zero-order valence-electron chi connectivity index (χ0n) is 10.4. The van der Waals surface area contributed by atoms with Gasteiger partial charge in [0.05, 0.1) is 6.20 Å². The Morgan fingerprint density at radius 2 is 2.11 bits per heavy atom. The molecule has 0 unspecified atom stereocenters. The van der Waals surface area contributed by atoms with Crippen molar-refractivity contribution in [3.8, 4) is 0 Å². The van der Waals surface area contributed by atoms with E-state index in [-0.39, 0.29) is 5.91 Å². The molecule has 2 rings (SSSR count). The van der Waals surface area contributed by atoms with E-state index in [4.69, 9.17) is 0 Å². The third-order valence-electron chi connectivity index (χ3n) is 2.69. The summed E-state index contributed by atoms with van der Waals surface area (Å²) in [5.41, 5.74) is 1.84. The predicted octanol–water partition coefficient (Wildman–Crippen LogP) is 1.99. The topological polar surface area (TPSA) is 59.8 Å². The van der Waals surface area contributed by atoms with E-state index in [1.165, 1.54) is 0 Å². The molecule has 2 aromatic rings. The van der Waals surface area contributed by atoms with Crippen molar-refractivity contribution in [2.45, 2.75) is 18.3 Å². The van der Waals surface area contributed by atoms with E-state index in [1.54, 1.807) is 17.1 Å². The van der Waals surface area contributed by atoms with Gasteiger partial charge in [0, 0.05) is 30.2 Å². The number of hydrogen-bond donors (Lipinski definition) is 1. The monoisotopic (exact) mass is 322 g/mol. The maximum atomic E-state index is 11.8. The molecule has 1 aromatic carbocycles. The van der Waals surface area contributed by atoms with Crippen LogP contribution in [0.2, 0.25) is 0 Å². The molecule has 0 bridgehead atoms. The predicted molar refractivity (Wildman–Crippen MR) is 76.0 cm³/mol. The molecule has 0 atom stereocenters. The van der Waals surface area contributed by atoms with Gasteiger partial charge in [-0.1, -0.05) is 33.3 Å². The first-order valence-corrected chi connectivity index (χ1v) is 7.19. The Kier molecular flexibility index (Phi) is 5.09. The number of nitrogens with one attached hydrogen (secondary N) is 1. The molecule has 0 aliphatic heterocycles. The van der Waals surface area contributed by atoms with Crippen molar-refractivity contribution in [2.75, 3.05) is 6.54 Å². The van der Waals surface area contributed by atoms with Gasteiger partial charge in [0.1, 0.15) is 0 Å². The first-order chi connectivity index (χ1) is 9.29. The lowest BCUT2D eigenvalue weighted by Crippen LogP contribution is -2.25. The van der Waals surface area contributed by atoms with E-state index in [1.807, 2.05) is 24.3 Å². The summed E-state index contributed by atoms with van der Waals surface area (Å²) >= 11 is 3.38. The molecule has 0 radical (unpaired) electrons. The summed E-state index contributed by atoms with van der Waals surface area (Å²) < 4.78 is 1.75. The summed E-state index contributed by atoms with van der Waals surface area (Å²) in [4.78, 5) is 11.8. The molecule has 0 aliphatic rings. The summed E-state index contributed by atoms with van der Waals surface area (Å²) in [7, 11) is 0. The molecule has 0 spiro atoms. The number of aromatic nitrogens is 3. The number of hydrogen-bond acceptors (Lipinski definition) is 3. The Hall–Kier alpha value is -1.69. The lowest BCUT2D eigenvalue weighted by Gasteiger charge is -2.05. The fourth-order valence-electron chi connectivity index (χ4n) is 1.64. The quantitative estimate of drug-likeness (QED) is 0.653. The van der Waals surface area contributed by atoms with E-state index >= 15 is 0 Å². The summed E-state index contributed by atoms with van der Waals surface area (Å²) in [5, 5.41) is 11.3. The van der Waals surface area contributed by atoms with Crippen LogP contribution in [0.3, 0.4) is 0 Å². The molecule has 1 N–H and O–H groups in total. The standard InChI is InChI=1S/C13H15BrN4O/c14-10-11-2-4-12(5-3-11)13(19)15-6-1-8-18-9-7-16-17-18/h2-5,7,9H,1,6,8,10H2,(H,15,19). The third kappa shape index (κ3) is 4.17. The van der Waals surface area contributed by atoms with Crippen molar-refractivity contribution in [3.05, 3.63) is 47.8 Å². The molecule has 1 heterocycles. The molecule has 19 heavy (non-hydrogen) atoms. The van der Waals surface area contributed by atoms with E-state index in [9.17, 15) is 4.79 Å². The van der Waals surface area contributed by atoms with Crippen LogP contribution in [0, 0.1) is 0 Å². The van der Waals surface area contributed by atoms with Crippen LogP contribution in [-0.2, 0) is 11.9 Å². The average molecular weight is 323 g/mol. The minimum Gasteiger partial charge on any atom is -0.352 e. The van der Waals surface area contributed by atoms with Crippen LogP contribution in [0.15, 0.2) is 36.7 Å². The Bertz CT molecular complexity index is 510. The zero-order valence-corrected chi connectivity index (χ0v) is 12.0. The van der Waals surface area contributed by atoms with Crippen LogP contribution in [-0.4, -0.2) is 27.4 Å². The molecule has 1 aromatic heterocycles. The zero-order chi connectivity index (χ0) is 13.5. The number of alkyl halides is 1. The SMILES string of the molecule is O=C(NCCCn1ccnn1)c1ccc(CBr)cc1. The second kappa shape index (κ2) is 7.04. The Balaban J connectivity index is 1.74. The summed E-state index contributed by atoms with van der Waals surface area (Å²) in [6.45, 7) is 1.38. The van der Waals surface area contributed by atoms with Crippen molar-refractivity contribution in [3.63, 3.8) is 0 Å². The number of nitrogens with zero attached hydrogens (tertiary/aromatic N) is 3. The number of benzene rings is 1. The van der Waals surface area contributed by atoms with Crippen LogP contribution in [0.5, 0.6) is 0 Å². The van der Waals surface area contributed by atoms with E-state index in [0.29, 0.717) is 12.1 Å². The minimum absolute atomic E-state index is 0.0419. The lowest BCUT2D eigenvalue weighted by molar-refractivity contribution is 0.0952. The Morgan fingerprint density at radius 3 is 2.74 bits per heavy atom. The van der Waals surface area contributed by atoms with Gasteiger partial charge in [-0.15, -0.1) is 5.10 Å². The van der Waals surface area contributed by atoms with Crippen molar-refractivity contribution in [2.24, 2.45) is 0 Å². The van der Waals surface area contributed by atoms with Gasteiger partial charge in [0.25, 0.3) is 5.91 Å². The molecular weight excluding hydrogens is 308 g/mol. The summed E-state index contributed by atoms with van der Waals surface area (Å²) in [6, 6.07) is 7.56. The molecule has 6 heteroatoms. The van der Waals surface area contributed by atoms with Gasteiger partial charge in [0.2, 0.25) is 0 Å². The van der Waals surface area contributed by atoms with Crippen molar-refractivity contribution in [1.29, 1.82) is 0 Å². The highest BCUT2D eigenvalue weighted by molar-refractivity contribution is 9.08. The van der Waals surface area contributed by atoms with Gasteiger partial charge in [-0.3, -0.25) is 9.48 Å². The molecule has 0 saturated heterocycles. The maximum Gasteiger partial charge on any atom is 0.251 e. The van der Waals surface area contributed by atoms with E-state index in [0.717, 1.165) is 23.9 Å². The first kappa shape index (κ1) is 13.7. The largest absolute Gasteiger partial charge is 0.352 e. The first-order valence-electron chi connectivity index (χ1n) is 6.07. The number of rotatable bonds is 6. The highest BCUT2D eigenvalue weighted by Gasteiger charge is 2.04. The third-order valence-corrected chi connectivity index (χ3v) is 3.34. The minimum atomic E-state index is -0.0419. The van der Waals surface area contributed by atoms with Gasteiger partial charge in [-0.2, -0.15) is 0 Å². The smallest absolute Gasteiger partial charge is 0.251 e.